The number of hydrazine groups is 1. The van der Waals surface area contributed by atoms with Crippen molar-refractivity contribution in [1.29, 1.82) is 0 Å². The maximum Gasteiger partial charge on any atom is 0.422 e. The number of amides is 2. The van der Waals surface area contributed by atoms with E-state index < -0.39 is 24.7 Å². The highest BCUT2D eigenvalue weighted by Crippen LogP contribution is 2.22. The highest BCUT2D eigenvalue weighted by atomic mass is 19.4. The van der Waals surface area contributed by atoms with Crippen molar-refractivity contribution in [3.63, 3.8) is 0 Å². The lowest BCUT2D eigenvalue weighted by Gasteiger charge is -2.30. The molecule has 2 aromatic carbocycles. The highest BCUT2D eigenvalue weighted by Gasteiger charge is 2.31. The molecule has 10 heteroatoms. The number of carbonyl (C=O) groups excluding carboxylic acids is 2. The van der Waals surface area contributed by atoms with Gasteiger partial charge in [-0.15, -0.1) is 0 Å². The third kappa shape index (κ3) is 5.24. The number of nitrogens with zero attached hydrogens (tertiary/aromatic N) is 2. The number of rotatable bonds is 5. The van der Waals surface area contributed by atoms with E-state index in [4.69, 9.17) is 0 Å². The first kappa shape index (κ1) is 20.2. The second-order valence-corrected chi connectivity index (χ2v) is 6.16. The molecule has 0 saturated heterocycles. The average Bonchev–Trinajstić information content (AvgIpc) is 2.69. The topological polar surface area (TPSA) is 83.0 Å². The Morgan fingerprint density at radius 1 is 1.21 bits per heavy atom. The molecule has 0 spiro atoms. The fourth-order valence-electron chi connectivity index (χ4n) is 2.52. The van der Waals surface area contributed by atoms with Gasteiger partial charge in [-0.25, -0.2) is 10.0 Å². The Bertz CT molecular complexity index is 932. The summed E-state index contributed by atoms with van der Waals surface area (Å²) in [4.78, 5) is 29.0. The number of nitrogens with one attached hydrogen (secondary N) is 2. The van der Waals surface area contributed by atoms with Gasteiger partial charge in [0.05, 0.1) is 5.69 Å². The maximum atomic E-state index is 12.6. The van der Waals surface area contributed by atoms with Crippen LogP contribution in [0.4, 0.5) is 24.5 Å². The molecule has 0 bridgehead atoms. The molecule has 1 atom stereocenters. The van der Waals surface area contributed by atoms with Crippen LogP contribution in [-0.4, -0.2) is 36.5 Å². The molecule has 7 nitrogen and oxygen atoms in total. The van der Waals surface area contributed by atoms with Crippen LogP contribution in [0.25, 0.3) is 0 Å². The largest absolute Gasteiger partial charge is 0.484 e. The van der Waals surface area contributed by atoms with Crippen LogP contribution in [0.3, 0.4) is 0 Å². The quantitative estimate of drug-likeness (QED) is 0.800. The fourth-order valence-corrected chi connectivity index (χ4v) is 2.52. The van der Waals surface area contributed by atoms with Crippen LogP contribution in [0.1, 0.15) is 6.92 Å². The number of alkyl halides is 3. The molecule has 2 N–H and O–H groups in total. The van der Waals surface area contributed by atoms with Gasteiger partial charge >= 0.3 is 6.18 Å². The number of carbonyl (C=O) groups is 2. The van der Waals surface area contributed by atoms with Crippen LogP contribution < -0.4 is 20.5 Å². The number of halogens is 3. The first-order valence-electron chi connectivity index (χ1n) is 8.57. The normalized spacial score (nSPS) is 16.7. The van der Waals surface area contributed by atoms with E-state index in [-0.39, 0.29) is 23.2 Å². The summed E-state index contributed by atoms with van der Waals surface area (Å²) in [7, 11) is 0. The van der Waals surface area contributed by atoms with Crippen molar-refractivity contribution >= 4 is 29.0 Å². The Kier molecular flexibility index (Phi) is 5.71. The van der Waals surface area contributed by atoms with Gasteiger partial charge < -0.3 is 10.1 Å². The molecule has 1 aliphatic heterocycles. The molecule has 0 saturated carbocycles. The molecule has 1 aliphatic rings. The molecule has 29 heavy (non-hydrogen) atoms. The average molecular weight is 406 g/mol. The molecule has 1 heterocycles. The lowest BCUT2D eigenvalue weighted by atomic mass is 10.2. The minimum Gasteiger partial charge on any atom is -0.484 e. The van der Waals surface area contributed by atoms with E-state index in [0.29, 0.717) is 5.69 Å². The van der Waals surface area contributed by atoms with Crippen molar-refractivity contribution in [2.45, 2.75) is 19.1 Å². The van der Waals surface area contributed by atoms with Gasteiger partial charge in [0.1, 0.15) is 11.8 Å². The number of ether oxygens (including phenoxy) is 1. The number of benzene rings is 2. The van der Waals surface area contributed by atoms with Crippen LogP contribution in [0.15, 0.2) is 59.6 Å². The fraction of sp³-hybridized carbons (Fsp3) is 0.211. The Morgan fingerprint density at radius 2 is 1.93 bits per heavy atom. The Balaban J connectivity index is 1.72. The summed E-state index contributed by atoms with van der Waals surface area (Å²) >= 11 is 0. The van der Waals surface area contributed by atoms with Crippen molar-refractivity contribution in [2.75, 3.05) is 16.9 Å². The number of amidine groups is 1. The van der Waals surface area contributed by atoms with Crippen molar-refractivity contribution < 1.29 is 27.5 Å². The summed E-state index contributed by atoms with van der Waals surface area (Å²) in [5, 5.41) is 3.74. The molecule has 2 amide bonds. The predicted octanol–water partition coefficient (Wildman–Crippen LogP) is 2.90. The lowest BCUT2D eigenvalue weighted by molar-refractivity contribution is -0.153. The smallest absolute Gasteiger partial charge is 0.422 e. The Labute approximate surface area is 164 Å². The van der Waals surface area contributed by atoms with Crippen LogP contribution in [0.5, 0.6) is 5.75 Å². The third-order valence-electron chi connectivity index (χ3n) is 3.84. The predicted molar refractivity (Wildman–Crippen MR) is 101 cm³/mol. The monoisotopic (exact) mass is 406 g/mol. The van der Waals surface area contributed by atoms with E-state index in [9.17, 15) is 22.8 Å². The first-order chi connectivity index (χ1) is 13.7. The summed E-state index contributed by atoms with van der Waals surface area (Å²) in [6.45, 7) is 0.113. The SMILES string of the molecule is C[C@H]1N=C(C(=O)Nc2cccc(OCC(F)(F)F)c2)NN(c2ccccc2)C1=O. The van der Waals surface area contributed by atoms with Crippen molar-refractivity contribution in [3.8, 4) is 5.75 Å². The molecular weight excluding hydrogens is 389 g/mol. The summed E-state index contributed by atoms with van der Waals surface area (Å²) in [6.07, 6.45) is -4.47. The van der Waals surface area contributed by atoms with Crippen molar-refractivity contribution in [1.82, 2.24) is 5.43 Å². The molecular formula is C19H17F3N4O3. The number of hydrogen-bond acceptors (Lipinski definition) is 5. The molecule has 2 aromatic rings. The number of hydrogen-bond donors (Lipinski definition) is 2. The molecule has 0 aliphatic carbocycles. The zero-order valence-corrected chi connectivity index (χ0v) is 15.2. The van der Waals surface area contributed by atoms with Crippen molar-refractivity contribution in [3.05, 3.63) is 54.6 Å². The van der Waals surface area contributed by atoms with Gasteiger partial charge in [0.15, 0.2) is 6.61 Å². The zero-order chi connectivity index (χ0) is 21.0. The third-order valence-corrected chi connectivity index (χ3v) is 3.84. The summed E-state index contributed by atoms with van der Waals surface area (Å²) in [6, 6.07) is 13.4. The van der Waals surface area contributed by atoms with E-state index >= 15 is 0 Å². The molecule has 152 valence electrons. The van der Waals surface area contributed by atoms with Crippen LogP contribution in [-0.2, 0) is 9.59 Å². The van der Waals surface area contributed by atoms with E-state index in [1.807, 2.05) is 0 Å². The van der Waals surface area contributed by atoms with Gasteiger partial charge in [-0.05, 0) is 31.2 Å². The summed E-state index contributed by atoms with van der Waals surface area (Å²) in [5.74, 6) is -1.15. The van der Waals surface area contributed by atoms with Gasteiger partial charge in [-0.2, -0.15) is 13.2 Å². The minimum absolute atomic E-state index is 0.0480. The van der Waals surface area contributed by atoms with E-state index in [1.54, 1.807) is 37.3 Å². The summed E-state index contributed by atoms with van der Waals surface area (Å²) in [5.41, 5.74) is 3.42. The van der Waals surface area contributed by atoms with Crippen LogP contribution in [0.2, 0.25) is 0 Å². The first-order valence-corrected chi connectivity index (χ1v) is 8.57. The molecule has 3 rings (SSSR count). The van der Waals surface area contributed by atoms with E-state index in [0.717, 1.165) is 0 Å². The molecule has 0 unspecified atom stereocenters. The zero-order valence-electron chi connectivity index (χ0n) is 15.2. The molecule has 0 aromatic heterocycles. The van der Waals surface area contributed by atoms with Crippen molar-refractivity contribution in [2.24, 2.45) is 4.99 Å². The summed E-state index contributed by atoms with van der Waals surface area (Å²) < 4.78 is 41.5. The number of aliphatic imine (C=N–C) groups is 1. The second-order valence-electron chi connectivity index (χ2n) is 6.16. The van der Waals surface area contributed by atoms with E-state index in [1.165, 1.54) is 29.3 Å². The number of para-hydroxylation sites is 1. The van der Waals surface area contributed by atoms with Gasteiger partial charge in [0, 0.05) is 11.8 Å². The molecule has 0 radical (unpaired) electrons. The van der Waals surface area contributed by atoms with Gasteiger partial charge in [-0.1, -0.05) is 24.3 Å². The highest BCUT2D eigenvalue weighted by molar-refractivity contribution is 6.43. The van der Waals surface area contributed by atoms with Gasteiger partial charge in [-0.3, -0.25) is 15.0 Å². The van der Waals surface area contributed by atoms with E-state index in [2.05, 4.69) is 20.5 Å². The molecule has 0 fully saturated rings. The standard InChI is InChI=1S/C19H17F3N4O3/c1-12-18(28)26(14-7-3-2-4-8-14)25-16(23-12)17(27)24-13-6-5-9-15(10-13)29-11-19(20,21)22/h2-10,12H,11H2,1H3,(H,23,25)(H,24,27)/t12-/m1/s1. The maximum absolute atomic E-state index is 12.6. The van der Waals surface area contributed by atoms with Crippen LogP contribution >= 0.6 is 0 Å². The second kappa shape index (κ2) is 8.21. The lowest BCUT2D eigenvalue weighted by Crippen LogP contribution is -2.57. The Morgan fingerprint density at radius 3 is 2.62 bits per heavy atom. The minimum atomic E-state index is -4.47. The number of anilines is 2. The van der Waals surface area contributed by atoms with Crippen LogP contribution in [0, 0.1) is 0 Å². The van der Waals surface area contributed by atoms with Gasteiger partial charge in [0.25, 0.3) is 11.8 Å². The Hall–Kier alpha value is -3.56. The van der Waals surface area contributed by atoms with Gasteiger partial charge in [0.2, 0.25) is 5.84 Å².